The number of hydrogen-bond donors (Lipinski definition) is 0. The van der Waals surface area contributed by atoms with Crippen LogP contribution in [-0.2, 0) is 0 Å². The Hall–Kier alpha value is -3.92. The Morgan fingerprint density at radius 1 is 0.529 bits per heavy atom. The van der Waals surface area contributed by atoms with Gasteiger partial charge in [0.15, 0.2) is 0 Å². The molecule has 4 nitrogen and oxygen atoms in total. The van der Waals surface area contributed by atoms with Crippen LogP contribution in [0.2, 0.25) is 0 Å². The third-order valence-corrected chi connectivity index (χ3v) is 6.29. The van der Waals surface area contributed by atoms with E-state index in [-0.39, 0.29) is 0 Å². The molecule has 0 saturated carbocycles. The molecule has 2 heterocycles. The molecule has 4 aromatic rings. The third-order valence-electron chi connectivity index (χ3n) is 6.29. The molecule has 0 unspecified atom stereocenters. The van der Waals surface area contributed by atoms with Gasteiger partial charge in [0, 0.05) is 23.5 Å². The average molecular weight is 445 g/mol. The lowest BCUT2D eigenvalue weighted by Gasteiger charge is -2.23. The number of rotatable bonds is 2. The Morgan fingerprint density at radius 2 is 0.882 bits per heavy atom. The molecule has 0 atom stereocenters. The number of nitrogens with zero attached hydrogens (tertiary/aromatic N) is 4. The predicted molar refractivity (Wildman–Crippen MR) is 141 cm³/mol. The molecule has 0 spiro atoms. The summed E-state index contributed by atoms with van der Waals surface area (Å²) in [5, 5.41) is 0. The van der Waals surface area contributed by atoms with E-state index >= 15 is 0 Å². The first-order valence-corrected chi connectivity index (χ1v) is 11.6. The number of hydrogen-bond acceptors (Lipinski definition) is 4. The molecule has 5 rings (SSSR count). The van der Waals surface area contributed by atoms with E-state index in [0.29, 0.717) is 0 Å². The van der Waals surface area contributed by atoms with Gasteiger partial charge in [0.2, 0.25) is 0 Å². The Balaban J connectivity index is 1.86. The largest absolute Gasteiger partial charge is 0.254 e. The van der Waals surface area contributed by atoms with E-state index < -0.39 is 0 Å². The molecule has 1 aliphatic rings. The lowest BCUT2D eigenvalue weighted by atomic mass is 9.88. The summed E-state index contributed by atoms with van der Waals surface area (Å²) < 4.78 is 0. The maximum atomic E-state index is 5.27. The van der Waals surface area contributed by atoms with Crippen LogP contribution in [0.1, 0.15) is 44.5 Å². The standard InChI is InChI=1S/C30H28N4/c1-17-13-19(3)25(20(4)14-17)33-29-23-9-7-11-31-27(23)28-24(10-8-12-32-28)30(29)34-26-21(5)15-18(2)16-22(26)6/h7-16H,1-6H3. The topological polar surface area (TPSA) is 50.5 Å². The van der Waals surface area contributed by atoms with Crippen LogP contribution in [-0.4, -0.2) is 21.4 Å². The molecule has 34 heavy (non-hydrogen) atoms. The first-order chi connectivity index (χ1) is 16.3. The molecule has 0 amide bonds. The van der Waals surface area contributed by atoms with Crippen molar-refractivity contribution in [1.82, 2.24) is 9.97 Å². The van der Waals surface area contributed by atoms with Gasteiger partial charge >= 0.3 is 0 Å². The normalized spacial score (nSPS) is 14.9. The summed E-state index contributed by atoms with van der Waals surface area (Å²) in [5.74, 6) is 0. The van der Waals surface area contributed by atoms with E-state index in [1.165, 1.54) is 11.1 Å². The molecule has 0 N–H and O–H groups in total. The zero-order chi connectivity index (χ0) is 24.0. The van der Waals surface area contributed by atoms with Crippen molar-refractivity contribution in [3.05, 3.63) is 105 Å². The summed E-state index contributed by atoms with van der Waals surface area (Å²) in [6.45, 7) is 12.7. The molecule has 168 valence electrons. The van der Waals surface area contributed by atoms with Gasteiger partial charge in [-0.2, -0.15) is 0 Å². The minimum Gasteiger partial charge on any atom is -0.254 e. The van der Waals surface area contributed by atoms with Crippen molar-refractivity contribution in [2.75, 3.05) is 0 Å². The average Bonchev–Trinajstić information content (AvgIpc) is 2.79. The zero-order valence-corrected chi connectivity index (χ0v) is 20.6. The minimum absolute atomic E-state index is 0.832. The number of aryl methyl sites for hydroxylation is 6. The quantitative estimate of drug-likeness (QED) is 0.327. The van der Waals surface area contributed by atoms with E-state index in [9.17, 15) is 0 Å². The fraction of sp³-hybridized carbons (Fsp3) is 0.200. The van der Waals surface area contributed by atoms with E-state index in [1.807, 2.05) is 24.5 Å². The first kappa shape index (κ1) is 21.9. The molecule has 1 aliphatic carbocycles. The second-order valence-electron chi connectivity index (χ2n) is 9.21. The maximum absolute atomic E-state index is 5.27. The minimum atomic E-state index is 0.832. The second-order valence-corrected chi connectivity index (χ2v) is 9.21. The highest BCUT2D eigenvalue weighted by Gasteiger charge is 2.29. The SMILES string of the molecule is Cc1cc(C)c(N=C2C(=Nc3c(C)cc(C)cc3C)c3cccnc3-c3ncccc32)c(C)c1. The number of pyridine rings is 2. The fourth-order valence-electron chi connectivity index (χ4n) is 4.97. The van der Waals surface area contributed by atoms with Gasteiger partial charge in [-0.25, -0.2) is 9.98 Å². The fourth-order valence-corrected chi connectivity index (χ4v) is 4.97. The van der Waals surface area contributed by atoms with Crippen molar-refractivity contribution in [3.63, 3.8) is 0 Å². The molecule has 0 radical (unpaired) electrons. The van der Waals surface area contributed by atoms with Crippen molar-refractivity contribution in [2.24, 2.45) is 9.98 Å². The predicted octanol–water partition coefficient (Wildman–Crippen LogP) is 7.25. The van der Waals surface area contributed by atoms with Gasteiger partial charge in [-0.3, -0.25) is 9.97 Å². The van der Waals surface area contributed by atoms with Gasteiger partial charge in [-0.1, -0.05) is 35.4 Å². The Morgan fingerprint density at radius 3 is 1.24 bits per heavy atom. The maximum Gasteiger partial charge on any atom is 0.0995 e. The second kappa shape index (κ2) is 8.45. The molecule has 2 aromatic carbocycles. The first-order valence-electron chi connectivity index (χ1n) is 11.6. The number of benzene rings is 2. The van der Waals surface area contributed by atoms with Gasteiger partial charge in [0.05, 0.1) is 34.2 Å². The summed E-state index contributed by atoms with van der Waals surface area (Å²) >= 11 is 0. The van der Waals surface area contributed by atoms with Gasteiger partial charge in [-0.15, -0.1) is 0 Å². The van der Waals surface area contributed by atoms with Crippen LogP contribution in [0.4, 0.5) is 11.4 Å². The van der Waals surface area contributed by atoms with Crippen molar-refractivity contribution in [3.8, 4) is 11.4 Å². The number of fused-ring (bicyclic) bond motifs is 3. The van der Waals surface area contributed by atoms with E-state index in [0.717, 1.165) is 67.6 Å². The lowest BCUT2D eigenvalue weighted by Crippen LogP contribution is -2.24. The molecule has 4 heteroatoms. The monoisotopic (exact) mass is 444 g/mol. The highest BCUT2D eigenvalue weighted by atomic mass is 14.9. The summed E-state index contributed by atoms with van der Waals surface area (Å²) in [4.78, 5) is 19.9. The van der Waals surface area contributed by atoms with Crippen LogP contribution < -0.4 is 0 Å². The van der Waals surface area contributed by atoms with Crippen LogP contribution in [0.3, 0.4) is 0 Å². The van der Waals surface area contributed by atoms with Crippen LogP contribution in [0.5, 0.6) is 0 Å². The van der Waals surface area contributed by atoms with Gasteiger partial charge in [-0.05, 0) is 88.1 Å². The molecule has 0 aliphatic heterocycles. The Bertz CT molecular complexity index is 1350. The van der Waals surface area contributed by atoms with Gasteiger partial charge in [0.25, 0.3) is 0 Å². The van der Waals surface area contributed by atoms with Crippen molar-refractivity contribution < 1.29 is 0 Å². The Labute approximate surface area is 201 Å². The van der Waals surface area contributed by atoms with Crippen molar-refractivity contribution in [2.45, 2.75) is 41.5 Å². The summed E-state index contributed by atoms with van der Waals surface area (Å²) in [6.07, 6.45) is 3.63. The highest BCUT2D eigenvalue weighted by Crippen LogP contribution is 2.36. The summed E-state index contributed by atoms with van der Waals surface area (Å²) in [5.41, 5.74) is 14.3. The zero-order valence-electron chi connectivity index (χ0n) is 20.6. The lowest BCUT2D eigenvalue weighted by molar-refractivity contribution is 1.22. The molecule has 0 bridgehead atoms. The third kappa shape index (κ3) is 3.75. The summed E-state index contributed by atoms with van der Waals surface area (Å²) in [6, 6.07) is 16.8. The van der Waals surface area contributed by atoms with Crippen LogP contribution in [0.15, 0.2) is 70.9 Å². The van der Waals surface area contributed by atoms with E-state index in [1.54, 1.807) is 0 Å². The molecular weight excluding hydrogens is 416 g/mol. The van der Waals surface area contributed by atoms with Crippen LogP contribution in [0.25, 0.3) is 11.4 Å². The van der Waals surface area contributed by atoms with Crippen molar-refractivity contribution >= 4 is 22.8 Å². The Kier molecular flexibility index (Phi) is 5.45. The molecule has 2 aromatic heterocycles. The van der Waals surface area contributed by atoms with E-state index in [2.05, 4.69) is 77.9 Å². The van der Waals surface area contributed by atoms with E-state index in [4.69, 9.17) is 20.0 Å². The van der Waals surface area contributed by atoms with Gasteiger partial charge < -0.3 is 0 Å². The van der Waals surface area contributed by atoms with Crippen LogP contribution >= 0.6 is 0 Å². The molecular formula is C30H28N4. The highest BCUT2D eigenvalue weighted by molar-refractivity contribution is 6.57. The van der Waals surface area contributed by atoms with Gasteiger partial charge in [0.1, 0.15) is 0 Å². The number of aromatic nitrogens is 2. The summed E-state index contributed by atoms with van der Waals surface area (Å²) in [7, 11) is 0. The smallest absolute Gasteiger partial charge is 0.0995 e. The van der Waals surface area contributed by atoms with Crippen molar-refractivity contribution in [1.29, 1.82) is 0 Å². The molecule has 0 saturated heterocycles. The molecule has 0 fully saturated rings. The number of aliphatic imine (C=N–C) groups is 2. The van der Waals surface area contributed by atoms with Crippen LogP contribution in [0, 0.1) is 41.5 Å².